The van der Waals surface area contributed by atoms with Gasteiger partial charge in [0.1, 0.15) is 6.10 Å². The number of fused-ring (bicyclic) bond motifs is 5. The summed E-state index contributed by atoms with van der Waals surface area (Å²) in [7, 11) is 0. The monoisotopic (exact) mass is 400 g/mol. The van der Waals surface area contributed by atoms with Crippen LogP contribution in [0.25, 0.3) is 0 Å². The lowest BCUT2D eigenvalue weighted by molar-refractivity contribution is -0.128. The summed E-state index contributed by atoms with van der Waals surface area (Å²) in [6.07, 6.45) is 13.7. The van der Waals surface area contributed by atoms with Crippen LogP contribution in [0, 0.1) is 46.3 Å². The molecule has 4 aliphatic rings. The minimum absolute atomic E-state index is 0.0484. The molecule has 0 bridgehead atoms. The highest BCUT2D eigenvalue weighted by Crippen LogP contribution is 2.67. The van der Waals surface area contributed by atoms with Gasteiger partial charge in [-0.2, -0.15) is 0 Å². The van der Waals surface area contributed by atoms with Crippen molar-refractivity contribution in [3.63, 3.8) is 0 Å². The zero-order valence-corrected chi connectivity index (χ0v) is 19.5. The van der Waals surface area contributed by atoms with Gasteiger partial charge in [0.2, 0.25) is 0 Å². The standard InChI is InChI=1S/C27H44O2/c1-17(2)7-6-8-18(3)21-11-12-22-20-10-9-19-15-24(28)25(29)16-27(19,5)23(20)13-14-26(21,22)4/h15,17-18,20-23,25,29H,6-14,16H2,1-5H3. The van der Waals surface area contributed by atoms with Crippen molar-refractivity contribution in [2.24, 2.45) is 46.3 Å². The van der Waals surface area contributed by atoms with E-state index < -0.39 is 6.10 Å². The Kier molecular flexibility index (Phi) is 5.82. The molecule has 1 N–H and O–H groups in total. The average molecular weight is 401 g/mol. The maximum Gasteiger partial charge on any atom is 0.184 e. The number of aliphatic hydroxyl groups is 1. The van der Waals surface area contributed by atoms with Gasteiger partial charge < -0.3 is 5.11 Å². The van der Waals surface area contributed by atoms with Gasteiger partial charge in [0.05, 0.1) is 0 Å². The molecule has 0 saturated heterocycles. The lowest BCUT2D eigenvalue weighted by atomic mass is 9.46. The van der Waals surface area contributed by atoms with E-state index in [1.165, 1.54) is 56.9 Å². The van der Waals surface area contributed by atoms with Gasteiger partial charge in [0.25, 0.3) is 0 Å². The van der Waals surface area contributed by atoms with Crippen molar-refractivity contribution >= 4 is 5.78 Å². The molecule has 3 saturated carbocycles. The first-order chi connectivity index (χ1) is 13.7. The minimum atomic E-state index is -0.770. The van der Waals surface area contributed by atoms with Crippen LogP contribution in [-0.4, -0.2) is 17.0 Å². The van der Waals surface area contributed by atoms with Gasteiger partial charge in [0, 0.05) is 0 Å². The zero-order valence-electron chi connectivity index (χ0n) is 19.5. The van der Waals surface area contributed by atoms with Crippen LogP contribution in [0.4, 0.5) is 0 Å². The molecule has 4 rings (SSSR count). The number of rotatable bonds is 5. The third-order valence-electron chi connectivity index (χ3n) is 10.2. The fourth-order valence-corrected chi connectivity index (χ4v) is 8.64. The van der Waals surface area contributed by atoms with E-state index >= 15 is 0 Å². The van der Waals surface area contributed by atoms with Crippen LogP contribution in [0.3, 0.4) is 0 Å². The Morgan fingerprint density at radius 2 is 1.83 bits per heavy atom. The van der Waals surface area contributed by atoms with Crippen molar-refractivity contribution < 1.29 is 9.90 Å². The molecule has 8 atom stereocenters. The van der Waals surface area contributed by atoms with Crippen molar-refractivity contribution in [1.82, 2.24) is 0 Å². The van der Waals surface area contributed by atoms with E-state index in [9.17, 15) is 9.90 Å². The number of hydrogen-bond acceptors (Lipinski definition) is 2. The summed E-state index contributed by atoms with van der Waals surface area (Å²) in [5.74, 6) is 4.84. The molecule has 2 heteroatoms. The Bertz CT molecular complexity index is 663. The predicted molar refractivity (Wildman–Crippen MR) is 119 cm³/mol. The van der Waals surface area contributed by atoms with E-state index in [0.29, 0.717) is 17.8 Å². The third-order valence-corrected chi connectivity index (χ3v) is 10.2. The van der Waals surface area contributed by atoms with Gasteiger partial charge in [-0.25, -0.2) is 0 Å². The molecular weight excluding hydrogens is 356 g/mol. The second-order valence-electron chi connectivity index (χ2n) is 12.2. The van der Waals surface area contributed by atoms with E-state index in [0.717, 1.165) is 36.0 Å². The van der Waals surface area contributed by atoms with Crippen LogP contribution < -0.4 is 0 Å². The molecule has 2 nitrogen and oxygen atoms in total. The first-order valence-electron chi connectivity index (χ1n) is 12.6. The first-order valence-corrected chi connectivity index (χ1v) is 12.6. The Morgan fingerprint density at radius 3 is 2.55 bits per heavy atom. The predicted octanol–water partition coefficient (Wildman–Crippen LogP) is 6.57. The smallest absolute Gasteiger partial charge is 0.184 e. The van der Waals surface area contributed by atoms with E-state index in [2.05, 4.69) is 34.6 Å². The van der Waals surface area contributed by atoms with E-state index in [1.54, 1.807) is 0 Å². The molecule has 0 aromatic heterocycles. The van der Waals surface area contributed by atoms with Gasteiger partial charge in [-0.15, -0.1) is 0 Å². The summed E-state index contributed by atoms with van der Waals surface area (Å²) in [6, 6.07) is 0. The third kappa shape index (κ3) is 3.56. The van der Waals surface area contributed by atoms with Crippen molar-refractivity contribution in [3.8, 4) is 0 Å². The average Bonchev–Trinajstić information content (AvgIpc) is 3.00. The number of carbonyl (C=O) groups is 1. The maximum atomic E-state index is 12.1. The normalized spacial score (nSPS) is 45.4. The summed E-state index contributed by atoms with van der Waals surface area (Å²) in [6.45, 7) is 12.2. The molecule has 4 aliphatic carbocycles. The number of allylic oxidation sites excluding steroid dienone is 1. The maximum absolute atomic E-state index is 12.1. The lowest BCUT2D eigenvalue weighted by Crippen LogP contribution is -2.52. The second kappa shape index (κ2) is 7.81. The Morgan fingerprint density at radius 1 is 1.07 bits per heavy atom. The number of hydrogen-bond donors (Lipinski definition) is 1. The molecule has 8 unspecified atom stereocenters. The van der Waals surface area contributed by atoms with Gasteiger partial charge in [0.15, 0.2) is 5.78 Å². The van der Waals surface area contributed by atoms with Crippen molar-refractivity contribution in [2.75, 3.05) is 0 Å². The summed E-state index contributed by atoms with van der Waals surface area (Å²) in [5.41, 5.74) is 1.92. The van der Waals surface area contributed by atoms with Crippen LogP contribution in [0.15, 0.2) is 11.6 Å². The van der Waals surface area contributed by atoms with Crippen molar-refractivity contribution in [1.29, 1.82) is 0 Å². The van der Waals surface area contributed by atoms with Crippen LogP contribution in [0.2, 0.25) is 0 Å². The summed E-state index contributed by atoms with van der Waals surface area (Å²) >= 11 is 0. The highest BCUT2D eigenvalue weighted by Gasteiger charge is 2.60. The topological polar surface area (TPSA) is 37.3 Å². The number of aliphatic hydroxyl groups excluding tert-OH is 1. The van der Waals surface area contributed by atoms with E-state index in [-0.39, 0.29) is 11.2 Å². The highest BCUT2D eigenvalue weighted by atomic mass is 16.3. The minimum Gasteiger partial charge on any atom is -0.385 e. The van der Waals surface area contributed by atoms with Gasteiger partial charge in [-0.1, -0.05) is 59.5 Å². The zero-order chi connectivity index (χ0) is 21.0. The first kappa shape index (κ1) is 21.6. The van der Waals surface area contributed by atoms with E-state index in [1.807, 2.05) is 6.08 Å². The quantitative estimate of drug-likeness (QED) is 0.567. The Labute approximate surface area is 178 Å². The van der Waals surface area contributed by atoms with Crippen LogP contribution in [-0.2, 0) is 4.79 Å². The molecule has 3 fully saturated rings. The lowest BCUT2D eigenvalue weighted by Gasteiger charge is -2.58. The summed E-state index contributed by atoms with van der Waals surface area (Å²) < 4.78 is 0. The van der Waals surface area contributed by atoms with Crippen LogP contribution >= 0.6 is 0 Å². The molecule has 0 spiro atoms. The molecule has 0 radical (unpaired) electrons. The molecule has 164 valence electrons. The van der Waals surface area contributed by atoms with Gasteiger partial charge >= 0.3 is 0 Å². The molecule has 0 heterocycles. The van der Waals surface area contributed by atoms with E-state index in [4.69, 9.17) is 0 Å². The number of ketones is 1. The molecule has 0 aromatic rings. The fraction of sp³-hybridized carbons (Fsp3) is 0.889. The van der Waals surface area contributed by atoms with Gasteiger partial charge in [-0.3, -0.25) is 4.79 Å². The SMILES string of the molecule is CC(C)CCCC(C)C1CCC2C3CCC4=CC(=O)C(O)CC4(C)C3CCC12C. The Balaban J connectivity index is 1.51. The summed E-state index contributed by atoms with van der Waals surface area (Å²) in [5, 5.41) is 10.4. The molecule has 0 amide bonds. The highest BCUT2D eigenvalue weighted by molar-refractivity contribution is 5.95. The molecular formula is C27H44O2. The molecule has 29 heavy (non-hydrogen) atoms. The fourth-order valence-electron chi connectivity index (χ4n) is 8.64. The van der Waals surface area contributed by atoms with Crippen molar-refractivity contribution in [3.05, 3.63) is 11.6 Å². The summed E-state index contributed by atoms with van der Waals surface area (Å²) in [4.78, 5) is 12.1. The Hall–Kier alpha value is -0.630. The van der Waals surface area contributed by atoms with Crippen LogP contribution in [0.1, 0.15) is 98.8 Å². The van der Waals surface area contributed by atoms with Crippen molar-refractivity contribution in [2.45, 2.75) is 105 Å². The number of carbonyl (C=O) groups excluding carboxylic acids is 1. The molecule has 0 aromatic carbocycles. The van der Waals surface area contributed by atoms with Crippen LogP contribution in [0.5, 0.6) is 0 Å². The second-order valence-corrected chi connectivity index (χ2v) is 12.2. The largest absolute Gasteiger partial charge is 0.385 e. The van der Waals surface area contributed by atoms with Gasteiger partial charge in [-0.05, 0) is 97.4 Å². The molecule has 0 aliphatic heterocycles.